The van der Waals surface area contributed by atoms with E-state index in [9.17, 15) is 7.87 Å². The predicted octanol–water partition coefficient (Wildman–Crippen LogP) is 0.0980. The molecular formula is C3H6O3Sn. The molecule has 40 valence electrons. The predicted molar refractivity (Wildman–Crippen MR) is 24.1 cm³/mol. The van der Waals surface area contributed by atoms with Gasteiger partial charge in [-0.1, -0.05) is 0 Å². The fourth-order valence-corrected chi connectivity index (χ4v) is 1.36. The van der Waals surface area contributed by atoms with E-state index in [2.05, 4.69) is 3.07 Å². The van der Waals surface area contributed by atoms with Crippen LogP contribution in [-0.4, -0.2) is 26.1 Å². The number of hydrogen-bond donors (Lipinski definition) is 0. The second-order valence-corrected chi connectivity index (χ2v) is 4.47. The van der Waals surface area contributed by atoms with E-state index in [0.29, 0.717) is 0 Å². The van der Waals surface area contributed by atoms with Gasteiger partial charge in [0.2, 0.25) is 0 Å². The van der Waals surface area contributed by atoms with Gasteiger partial charge in [0.15, 0.2) is 0 Å². The summed E-state index contributed by atoms with van der Waals surface area (Å²) in [5.74, 6) is -0.438. The van der Waals surface area contributed by atoms with Crippen molar-refractivity contribution in [2.24, 2.45) is 0 Å². The summed E-state index contributed by atoms with van der Waals surface area (Å²) < 4.78 is 14.3. The first-order valence-corrected chi connectivity index (χ1v) is 7.00. The second-order valence-electron chi connectivity index (χ2n) is 1.09. The molecule has 0 aliphatic rings. The third-order valence-corrected chi connectivity index (χ3v) is 1.93. The summed E-state index contributed by atoms with van der Waals surface area (Å²) >= 11 is -2.79. The molecule has 0 amide bonds. The van der Waals surface area contributed by atoms with Crippen LogP contribution in [0, 0.1) is 0 Å². The summed E-state index contributed by atoms with van der Waals surface area (Å²) in [6.45, 7) is 1.25. The van der Waals surface area contributed by atoms with Gasteiger partial charge in [-0.05, 0) is 0 Å². The second kappa shape index (κ2) is 3.12. The molecule has 0 rings (SSSR count). The van der Waals surface area contributed by atoms with E-state index in [1.165, 1.54) is 11.9 Å². The quantitative estimate of drug-likeness (QED) is 0.575. The summed E-state index contributed by atoms with van der Waals surface area (Å²) in [5.41, 5.74) is 0. The Kier molecular flexibility index (Phi) is 3.15. The van der Waals surface area contributed by atoms with Gasteiger partial charge >= 0.3 is 48.9 Å². The SMILES string of the molecule is CC(=O)[O][Sn]([CH3])=[O]. The van der Waals surface area contributed by atoms with Crippen LogP contribution in [0.3, 0.4) is 0 Å². The summed E-state index contributed by atoms with van der Waals surface area (Å²) in [7, 11) is 0. The van der Waals surface area contributed by atoms with Gasteiger partial charge in [-0.15, -0.1) is 0 Å². The first kappa shape index (κ1) is 7.07. The average Bonchev–Trinajstić information content (AvgIpc) is 1.27. The number of carbonyl (C=O) groups is 1. The van der Waals surface area contributed by atoms with E-state index in [1.807, 2.05) is 0 Å². The minimum atomic E-state index is -2.79. The van der Waals surface area contributed by atoms with Gasteiger partial charge in [0.1, 0.15) is 0 Å². The van der Waals surface area contributed by atoms with E-state index >= 15 is 0 Å². The molecular weight excluding hydrogens is 203 g/mol. The molecule has 0 N–H and O–H groups in total. The Morgan fingerprint density at radius 3 is 2.14 bits per heavy atom. The maximum atomic E-state index is 10.1. The Labute approximate surface area is 49.3 Å². The zero-order valence-corrected chi connectivity index (χ0v) is 7.08. The molecule has 0 aliphatic heterocycles. The first-order valence-electron chi connectivity index (χ1n) is 1.82. The van der Waals surface area contributed by atoms with Gasteiger partial charge in [0.05, 0.1) is 0 Å². The molecule has 0 unspecified atom stereocenters. The molecule has 0 aromatic rings. The van der Waals surface area contributed by atoms with Gasteiger partial charge in [0, 0.05) is 0 Å². The van der Waals surface area contributed by atoms with Crippen LogP contribution in [0.15, 0.2) is 0 Å². The van der Waals surface area contributed by atoms with Crippen LogP contribution in [0.5, 0.6) is 0 Å². The van der Waals surface area contributed by atoms with Gasteiger partial charge in [-0.25, -0.2) is 0 Å². The van der Waals surface area contributed by atoms with E-state index in [-0.39, 0.29) is 0 Å². The van der Waals surface area contributed by atoms with Crippen LogP contribution in [0.1, 0.15) is 6.92 Å². The van der Waals surface area contributed by atoms with Crippen molar-refractivity contribution in [2.45, 2.75) is 11.9 Å². The van der Waals surface area contributed by atoms with E-state index in [1.54, 1.807) is 0 Å². The number of hydrogen-bond acceptors (Lipinski definition) is 3. The molecule has 4 heteroatoms. The first-order chi connectivity index (χ1) is 3.13. The Morgan fingerprint density at radius 1 is 1.71 bits per heavy atom. The molecule has 3 nitrogen and oxygen atoms in total. The van der Waals surface area contributed by atoms with Crippen molar-refractivity contribution in [2.75, 3.05) is 0 Å². The summed E-state index contributed by atoms with van der Waals surface area (Å²) in [5, 5.41) is 0. The molecule has 7 heavy (non-hydrogen) atoms. The molecule has 0 aliphatic carbocycles. The third kappa shape index (κ3) is 6.07. The summed E-state index contributed by atoms with van der Waals surface area (Å²) in [6.07, 6.45) is 0. The van der Waals surface area contributed by atoms with Crippen molar-refractivity contribution in [3.05, 3.63) is 0 Å². The van der Waals surface area contributed by atoms with Crippen LogP contribution >= 0.6 is 0 Å². The van der Waals surface area contributed by atoms with Crippen LogP contribution in [0.25, 0.3) is 0 Å². The van der Waals surface area contributed by atoms with Crippen LogP contribution in [-0.2, 0) is 10.9 Å². The van der Waals surface area contributed by atoms with Crippen molar-refractivity contribution in [1.29, 1.82) is 0 Å². The van der Waals surface area contributed by atoms with Crippen molar-refractivity contribution in [3.8, 4) is 0 Å². The standard InChI is InChI=1S/C2H4O2.CH3.O.Sn/c1-2(3)4;;;/h1H3,(H,3,4);1H3;;/q;;;+1/p-1. The van der Waals surface area contributed by atoms with Crippen molar-refractivity contribution >= 4 is 26.1 Å². The fraction of sp³-hybridized carbons (Fsp3) is 0.667. The Hall–Kier alpha value is 0.0687. The van der Waals surface area contributed by atoms with Gasteiger partial charge in [-0.2, -0.15) is 0 Å². The molecule has 0 aromatic heterocycles. The van der Waals surface area contributed by atoms with E-state index in [0.717, 1.165) is 0 Å². The third-order valence-electron chi connectivity index (χ3n) is 0.287. The number of rotatable bonds is 1. The zero-order chi connectivity index (χ0) is 5.86. The normalized spacial score (nSPS) is 7.71. The van der Waals surface area contributed by atoms with Crippen molar-refractivity contribution < 1.29 is 10.9 Å². The van der Waals surface area contributed by atoms with E-state index in [4.69, 9.17) is 0 Å². The van der Waals surface area contributed by atoms with Gasteiger partial charge in [-0.3, -0.25) is 0 Å². The topological polar surface area (TPSA) is 43.4 Å². The summed E-state index contributed by atoms with van der Waals surface area (Å²) in [4.78, 5) is 11.3. The summed E-state index contributed by atoms with van der Waals surface area (Å²) in [6, 6.07) is 0. The molecule has 0 saturated carbocycles. The molecule has 0 atom stereocenters. The Bertz CT molecular complexity index is 86.4. The molecule has 0 heterocycles. The van der Waals surface area contributed by atoms with Gasteiger partial charge < -0.3 is 0 Å². The van der Waals surface area contributed by atoms with Crippen LogP contribution in [0.2, 0.25) is 4.94 Å². The van der Waals surface area contributed by atoms with E-state index < -0.39 is 26.1 Å². The monoisotopic (exact) mass is 210 g/mol. The molecule has 0 bridgehead atoms. The Morgan fingerprint density at radius 2 is 2.14 bits per heavy atom. The molecule has 0 saturated heterocycles. The van der Waals surface area contributed by atoms with Crippen LogP contribution in [0.4, 0.5) is 0 Å². The molecule has 0 spiro atoms. The molecule has 0 fully saturated rings. The molecule has 0 radical (unpaired) electrons. The number of carbonyl (C=O) groups excluding carboxylic acids is 1. The van der Waals surface area contributed by atoms with Crippen molar-refractivity contribution in [3.63, 3.8) is 0 Å². The maximum absolute atomic E-state index is 10.1. The minimum absolute atomic E-state index is 0.438. The van der Waals surface area contributed by atoms with Crippen LogP contribution < -0.4 is 0 Å². The van der Waals surface area contributed by atoms with Gasteiger partial charge in [0.25, 0.3) is 0 Å². The Balaban J connectivity index is 3.32. The average molecular weight is 209 g/mol. The zero-order valence-electron chi connectivity index (χ0n) is 4.22. The molecule has 0 aromatic carbocycles. The fourth-order valence-electron chi connectivity index (χ4n) is 0.202. The van der Waals surface area contributed by atoms with Crippen molar-refractivity contribution in [1.82, 2.24) is 0 Å².